The Morgan fingerprint density at radius 1 is 1.10 bits per heavy atom. The smallest absolute Gasteiger partial charge is 0.255 e. The normalized spacial score (nSPS) is 11.0. The van der Waals surface area contributed by atoms with Gasteiger partial charge in [-0.1, -0.05) is 44.2 Å². The molecule has 0 spiro atoms. The minimum atomic E-state index is -0.246. The van der Waals surface area contributed by atoms with Crippen molar-refractivity contribution in [2.45, 2.75) is 26.4 Å². The third-order valence-corrected chi connectivity index (χ3v) is 4.38. The van der Waals surface area contributed by atoms with Gasteiger partial charge in [0.2, 0.25) is 5.88 Å². The lowest BCUT2D eigenvalue weighted by atomic mass is 10.2. The zero-order chi connectivity index (χ0) is 20.2. The van der Waals surface area contributed by atoms with Gasteiger partial charge in [0.25, 0.3) is 5.91 Å². The van der Waals surface area contributed by atoms with Crippen LogP contribution < -0.4 is 10.1 Å². The number of anilines is 1. The predicted molar refractivity (Wildman–Crippen MR) is 111 cm³/mol. The number of pyridine rings is 1. The Balaban J connectivity index is 1.46. The molecule has 0 atom stereocenters. The molecule has 0 saturated heterocycles. The van der Waals surface area contributed by atoms with Crippen molar-refractivity contribution in [2.24, 2.45) is 0 Å². The van der Waals surface area contributed by atoms with Crippen LogP contribution in [-0.2, 0) is 6.61 Å². The van der Waals surface area contributed by atoms with Crippen LogP contribution >= 0.6 is 0 Å². The van der Waals surface area contributed by atoms with E-state index in [2.05, 4.69) is 15.3 Å². The summed E-state index contributed by atoms with van der Waals surface area (Å²) in [4.78, 5) is 21.3. The lowest BCUT2D eigenvalue weighted by Crippen LogP contribution is -2.12. The minimum absolute atomic E-state index is 0.201. The Morgan fingerprint density at radius 2 is 1.93 bits per heavy atom. The molecule has 29 heavy (non-hydrogen) atoms. The van der Waals surface area contributed by atoms with Gasteiger partial charge in [-0.25, -0.2) is 9.97 Å². The second-order valence-corrected chi connectivity index (χ2v) is 7.00. The molecule has 0 radical (unpaired) electrons. The highest BCUT2D eigenvalue weighted by Crippen LogP contribution is 2.24. The summed E-state index contributed by atoms with van der Waals surface area (Å²) < 4.78 is 11.4. The molecule has 0 bridgehead atoms. The zero-order valence-corrected chi connectivity index (χ0v) is 16.3. The molecule has 0 aliphatic carbocycles. The third-order valence-electron chi connectivity index (χ3n) is 4.38. The van der Waals surface area contributed by atoms with E-state index < -0.39 is 0 Å². The molecular formula is C23H21N3O3. The molecule has 146 valence electrons. The van der Waals surface area contributed by atoms with E-state index in [1.54, 1.807) is 30.5 Å². The summed E-state index contributed by atoms with van der Waals surface area (Å²) in [7, 11) is 0. The number of nitrogens with zero attached hydrogens (tertiary/aromatic N) is 2. The van der Waals surface area contributed by atoms with Crippen LogP contribution in [0.15, 0.2) is 71.3 Å². The summed E-state index contributed by atoms with van der Waals surface area (Å²) in [6, 6.07) is 18.5. The zero-order valence-electron chi connectivity index (χ0n) is 16.3. The number of hydrogen-bond acceptors (Lipinski definition) is 5. The van der Waals surface area contributed by atoms with Crippen molar-refractivity contribution < 1.29 is 13.9 Å². The summed E-state index contributed by atoms with van der Waals surface area (Å²) in [6.07, 6.45) is 1.56. The van der Waals surface area contributed by atoms with Crippen LogP contribution in [0.4, 0.5) is 5.69 Å². The number of rotatable bonds is 6. The van der Waals surface area contributed by atoms with Gasteiger partial charge in [0.15, 0.2) is 11.5 Å². The van der Waals surface area contributed by atoms with Gasteiger partial charge in [0, 0.05) is 29.4 Å². The Bertz CT molecular complexity index is 1140. The number of amides is 1. The molecule has 0 aliphatic rings. The van der Waals surface area contributed by atoms with Gasteiger partial charge in [-0.15, -0.1) is 0 Å². The molecule has 6 heteroatoms. The maximum atomic E-state index is 12.7. The average Bonchev–Trinajstić information content (AvgIpc) is 3.17. The number of carbonyl (C=O) groups excluding carboxylic acids is 1. The first-order valence-electron chi connectivity index (χ1n) is 9.43. The van der Waals surface area contributed by atoms with E-state index >= 15 is 0 Å². The minimum Gasteiger partial charge on any atom is -0.473 e. The largest absolute Gasteiger partial charge is 0.473 e. The van der Waals surface area contributed by atoms with Crippen LogP contribution in [-0.4, -0.2) is 15.9 Å². The lowest BCUT2D eigenvalue weighted by Gasteiger charge is -2.08. The van der Waals surface area contributed by atoms with Crippen molar-refractivity contribution in [2.75, 3.05) is 5.32 Å². The van der Waals surface area contributed by atoms with E-state index in [9.17, 15) is 4.79 Å². The van der Waals surface area contributed by atoms with E-state index in [4.69, 9.17) is 9.15 Å². The molecule has 2 heterocycles. The van der Waals surface area contributed by atoms with Crippen LogP contribution in [0.3, 0.4) is 0 Å². The summed E-state index contributed by atoms with van der Waals surface area (Å²) in [5, 5.41) is 2.89. The first-order chi connectivity index (χ1) is 14.1. The second-order valence-electron chi connectivity index (χ2n) is 7.00. The van der Waals surface area contributed by atoms with Gasteiger partial charge in [-0.05, 0) is 29.8 Å². The quantitative estimate of drug-likeness (QED) is 0.493. The SMILES string of the molecule is CC(C)c1nc2cc(NC(=O)c3ccnc(OCc4ccccc4)c3)ccc2o1. The highest BCUT2D eigenvalue weighted by atomic mass is 16.5. The second kappa shape index (κ2) is 8.14. The molecule has 6 nitrogen and oxygen atoms in total. The van der Waals surface area contributed by atoms with Crippen molar-refractivity contribution in [1.82, 2.24) is 9.97 Å². The number of benzene rings is 2. The van der Waals surface area contributed by atoms with Crippen molar-refractivity contribution in [3.63, 3.8) is 0 Å². The highest BCUT2D eigenvalue weighted by Gasteiger charge is 2.12. The molecule has 0 unspecified atom stereocenters. The standard InChI is InChI=1S/C23H21N3O3/c1-15(2)23-26-19-13-18(8-9-20(19)29-23)25-22(27)17-10-11-24-21(12-17)28-14-16-6-4-3-5-7-16/h3-13,15H,14H2,1-2H3,(H,25,27). The van der Waals surface area contributed by atoms with Gasteiger partial charge < -0.3 is 14.5 Å². The number of aromatic nitrogens is 2. The van der Waals surface area contributed by atoms with E-state index in [1.807, 2.05) is 50.2 Å². The highest BCUT2D eigenvalue weighted by molar-refractivity contribution is 6.05. The molecule has 2 aromatic heterocycles. The number of fused-ring (bicyclic) bond motifs is 1. The topological polar surface area (TPSA) is 77.2 Å². The van der Waals surface area contributed by atoms with Crippen LogP contribution in [0.1, 0.15) is 41.6 Å². The van der Waals surface area contributed by atoms with E-state index in [0.717, 1.165) is 5.56 Å². The fourth-order valence-electron chi connectivity index (χ4n) is 2.83. The molecule has 1 N–H and O–H groups in total. The first-order valence-corrected chi connectivity index (χ1v) is 9.43. The van der Waals surface area contributed by atoms with Gasteiger partial charge in [0.1, 0.15) is 12.1 Å². The van der Waals surface area contributed by atoms with Crippen LogP contribution in [0.25, 0.3) is 11.1 Å². The molecule has 4 aromatic rings. The molecule has 0 aliphatic heterocycles. The maximum Gasteiger partial charge on any atom is 0.255 e. The number of oxazole rings is 1. The number of hydrogen-bond donors (Lipinski definition) is 1. The number of nitrogens with one attached hydrogen (secondary N) is 1. The number of ether oxygens (including phenoxy) is 1. The van der Waals surface area contributed by atoms with Crippen LogP contribution in [0, 0.1) is 0 Å². The van der Waals surface area contributed by atoms with Crippen LogP contribution in [0.2, 0.25) is 0 Å². The van der Waals surface area contributed by atoms with E-state index in [1.165, 1.54) is 0 Å². The third kappa shape index (κ3) is 4.43. The van der Waals surface area contributed by atoms with E-state index in [-0.39, 0.29) is 11.8 Å². The lowest BCUT2D eigenvalue weighted by molar-refractivity contribution is 0.102. The molecule has 4 rings (SSSR count). The van der Waals surface area contributed by atoms with Crippen LogP contribution in [0.5, 0.6) is 5.88 Å². The number of carbonyl (C=O) groups is 1. The molecule has 0 fully saturated rings. The fraction of sp³-hybridized carbons (Fsp3) is 0.174. The summed E-state index contributed by atoms with van der Waals surface area (Å²) in [5.41, 5.74) is 3.56. The van der Waals surface area contributed by atoms with E-state index in [0.29, 0.717) is 40.7 Å². The Morgan fingerprint density at radius 3 is 2.72 bits per heavy atom. The first kappa shape index (κ1) is 18.7. The van der Waals surface area contributed by atoms with Crippen molar-refractivity contribution in [1.29, 1.82) is 0 Å². The van der Waals surface area contributed by atoms with Crippen molar-refractivity contribution >= 4 is 22.7 Å². The summed E-state index contributed by atoms with van der Waals surface area (Å²) >= 11 is 0. The van der Waals surface area contributed by atoms with Crippen molar-refractivity contribution in [3.8, 4) is 5.88 Å². The maximum absolute atomic E-state index is 12.7. The van der Waals surface area contributed by atoms with Gasteiger partial charge in [-0.2, -0.15) is 0 Å². The molecule has 1 amide bonds. The van der Waals surface area contributed by atoms with Gasteiger partial charge in [0.05, 0.1) is 0 Å². The predicted octanol–water partition coefficient (Wildman–Crippen LogP) is 5.18. The van der Waals surface area contributed by atoms with Gasteiger partial charge in [-0.3, -0.25) is 4.79 Å². The Labute approximate surface area is 168 Å². The van der Waals surface area contributed by atoms with Crippen molar-refractivity contribution in [3.05, 3.63) is 83.9 Å². The fourth-order valence-corrected chi connectivity index (χ4v) is 2.83. The Kier molecular flexibility index (Phi) is 5.24. The van der Waals surface area contributed by atoms with Gasteiger partial charge >= 0.3 is 0 Å². The Hall–Kier alpha value is -3.67. The monoisotopic (exact) mass is 387 g/mol. The molecule has 2 aromatic carbocycles. The molecular weight excluding hydrogens is 366 g/mol. The summed E-state index contributed by atoms with van der Waals surface area (Å²) in [6.45, 7) is 4.43. The average molecular weight is 387 g/mol. The summed E-state index contributed by atoms with van der Waals surface area (Å²) in [5.74, 6) is 1.03. The molecule has 0 saturated carbocycles.